The maximum atomic E-state index is 12.6. The molecule has 3 atom stereocenters. The Labute approximate surface area is 151 Å². The Morgan fingerprint density at radius 3 is 2.88 bits per heavy atom. The van der Waals surface area contributed by atoms with Crippen molar-refractivity contribution in [3.05, 3.63) is 18.2 Å². The first kappa shape index (κ1) is 15.6. The van der Waals surface area contributed by atoms with Crippen LogP contribution in [0.3, 0.4) is 0 Å². The molecule has 1 N–H and O–H groups in total. The molecule has 5 nitrogen and oxygen atoms in total. The van der Waals surface area contributed by atoms with Gasteiger partial charge in [-0.25, -0.2) is 4.98 Å². The second kappa shape index (κ2) is 6.25. The minimum atomic E-state index is 0.212. The van der Waals surface area contributed by atoms with Crippen LogP contribution in [0.5, 0.6) is 0 Å². The topological polar surface area (TPSA) is 54.5 Å². The first-order chi connectivity index (χ1) is 12.3. The van der Waals surface area contributed by atoms with Gasteiger partial charge in [-0.1, -0.05) is 17.8 Å². The second-order valence-electron chi connectivity index (χ2n) is 7.55. The molecular weight excluding hydrogens is 334 g/mol. The molecule has 3 unspecified atom stereocenters. The molecule has 132 valence electrons. The third-order valence-corrected chi connectivity index (χ3v) is 7.08. The van der Waals surface area contributed by atoms with Crippen LogP contribution in [-0.2, 0) is 9.53 Å². The predicted octanol–water partition coefficient (Wildman–Crippen LogP) is 3.51. The third kappa shape index (κ3) is 2.91. The van der Waals surface area contributed by atoms with E-state index in [1.165, 1.54) is 19.3 Å². The lowest BCUT2D eigenvalue weighted by Crippen LogP contribution is -2.36. The summed E-state index contributed by atoms with van der Waals surface area (Å²) in [5.74, 6) is 1.84. The van der Waals surface area contributed by atoms with Gasteiger partial charge in [-0.05, 0) is 49.3 Å². The molecule has 2 saturated carbocycles. The maximum Gasteiger partial charge on any atom is 0.227 e. The van der Waals surface area contributed by atoms with E-state index >= 15 is 0 Å². The van der Waals surface area contributed by atoms with E-state index in [1.807, 2.05) is 12.1 Å². The molecule has 3 aliphatic rings. The molecule has 1 saturated heterocycles. The number of thiazole rings is 1. The highest BCUT2D eigenvalue weighted by Gasteiger charge is 2.43. The first-order valence-electron chi connectivity index (χ1n) is 9.30. The zero-order chi connectivity index (χ0) is 16.8. The predicted molar refractivity (Wildman–Crippen MR) is 100 cm³/mol. The van der Waals surface area contributed by atoms with Crippen molar-refractivity contribution in [2.75, 3.05) is 36.5 Å². The fourth-order valence-electron chi connectivity index (χ4n) is 4.68. The Morgan fingerprint density at radius 2 is 2.12 bits per heavy atom. The number of fused-ring (bicyclic) bond motifs is 3. The minimum Gasteiger partial charge on any atom is -0.378 e. The number of carbonyl (C=O) groups is 1. The number of nitrogens with one attached hydrogen (secondary N) is 1. The molecule has 2 heterocycles. The molecular formula is C19H23N3O2S. The lowest BCUT2D eigenvalue weighted by atomic mass is 9.88. The van der Waals surface area contributed by atoms with Gasteiger partial charge in [-0.2, -0.15) is 0 Å². The molecule has 25 heavy (non-hydrogen) atoms. The summed E-state index contributed by atoms with van der Waals surface area (Å²) in [6, 6.07) is 6.07. The number of morpholine rings is 1. The summed E-state index contributed by atoms with van der Waals surface area (Å²) in [4.78, 5) is 19.7. The van der Waals surface area contributed by atoms with Crippen LogP contribution in [0, 0.1) is 17.8 Å². The van der Waals surface area contributed by atoms with Gasteiger partial charge in [0.2, 0.25) is 5.91 Å². The largest absolute Gasteiger partial charge is 0.378 e. The SMILES string of the molecule is O=C(Nc1ccc2nc(N3CCOCC3)sc2c1)C1CC2CCC1C2. The van der Waals surface area contributed by atoms with Crippen LogP contribution in [0.4, 0.5) is 10.8 Å². The van der Waals surface area contributed by atoms with E-state index in [1.54, 1.807) is 11.3 Å². The number of hydrogen-bond donors (Lipinski definition) is 1. The Hall–Kier alpha value is -1.66. The second-order valence-corrected chi connectivity index (χ2v) is 8.56. The molecule has 1 aromatic carbocycles. The van der Waals surface area contributed by atoms with Crippen LogP contribution in [0.25, 0.3) is 10.2 Å². The monoisotopic (exact) mass is 357 g/mol. The molecule has 1 aliphatic heterocycles. The van der Waals surface area contributed by atoms with Crippen LogP contribution < -0.4 is 10.2 Å². The number of anilines is 2. The summed E-state index contributed by atoms with van der Waals surface area (Å²) in [5.41, 5.74) is 1.90. The molecule has 2 aromatic rings. The Balaban J connectivity index is 1.33. The molecule has 5 rings (SSSR count). The number of rotatable bonds is 3. The van der Waals surface area contributed by atoms with Gasteiger partial charge in [0, 0.05) is 24.7 Å². The van der Waals surface area contributed by atoms with E-state index in [0.717, 1.165) is 59.7 Å². The summed E-state index contributed by atoms with van der Waals surface area (Å²) < 4.78 is 6.55. The van der Waals surface area contributed by atoms with Gasteiger partial charge < -0.3 is 15.0 Å². The molecule has 1 aromatic heterocycles. The van der Waals surface area contributed by atoms with Crippen molar-refractivity contribution in [3.8, 4) is 0 Å². The number of hydrogen-bond acceptors (Lipinski definition) is 5. The quantitative estimate of drug-likeness (QED) is 0.913. The molecule has 0 spiro atoms. The average molecular weight is 357 g/mol. The fraction of sp³-hybridized carbons (Fsp3) is 0.579. The number of ether oxygens (including phenoxy) is 1. The highest BCUT2D eigenvalue weighted by Crippen LogP contribution is 2.48. The van der Waals surface area contributed by atoms with Crippen molar-refractivity contribution >= 4 is 38.3 Å². The lowest BCUT2D eigenvalue weighted by Gasteiger charge is -2.25. The van der Waals surface area contributed by atoms with Gasteiger partial charge in [0.1, 0.15) is 0 Å². The van der Waals surface area contributed by atoms with Crippen molar-refractivity contribution < 1.29 is 9.53 Å². The van der Waals surface area contributed by atoms with E-state index in [4.69, 9.17) is 9.72 Å². The molecule has 1 amide bonds. The van der Waals surface area contributed by atoms with Crippen molar-refractivity contribution in [3.63, 3.8) is 0 Å². The average Bonchev–Trinajstić information content (AvgIpc) is 3.37. The van der Waals surface area contributed by atoms with Crippen molar-refractivity contribution in [2.45, 2.75) is 25.7 Å². The van der Waals surface area contributed by atoms with Gasteiger partial charge in [-0.3, -0.25) is 4.79 Å². The molecule has 2 aliphatic carbocycles. The van der Waals surface area contributed by atoms with Crippen LogP contribution in [0.15, 0.2) is 18.2 Å². The van der Waals surface area contributed by atoms with E-state index in [-0.39, 0.29) is 11.8 Å². The molecule has 3 fully saturated rings. The standard InChI is InChI=1S/C19H23N3O2S/c23-18(15-10-12-1-2-13(15)9-12)20-14-3-4-16-17(11-14)25-19(21-16)22-5-7-24-8-6-22/h3-4,11-13,15H,1-2,5-10H2,(H,20,23). The van der Waals surface area contributed by atoms with Crippen molar-refractivity contribution in [2.24, 2.45) is 17.8 Å². The van der Waals surface area contributed by atoms with Crippen LogP contribution in [-0.4, -0.2) is 37.2 Å². The first-order valence-corrected chi connectivity index (χ1v) is 10.1. The van der Waals surface area contributed by atoms with Gasteiger partial charge in [0.25, 0.3) is 0 Å². The zero-order valence-corrected chi connectivity index (χ0v) is 15.1. The van der Waals surface area contributed by atoms with Crippen molar-refractivity contribution in [1.82, 2.24) is 4.98 Å². The minimum absolute atomic E-state index is 0.212. The smallest absolute Gasteiger partial charge is 0.227 e. The number of aromatic nitrogens is 1. The summed E-state index contributed by atoms with van der Waals surface area (Å²) in [5, 5.41) is 4.21. The summed E-state index contributed by atoms with van der Waals surface area (Å²) in [6.45, 7) is 3.32. The van der Waals surface area contributed by atoms with Gasteiger partial charge in [0.15, 0.2) is 5.13 Å². The zero-order valence-electron chi connectivity index (χ0n) is 14.2. The Morgan fingerprint density at radius 1 is 1.24 bits per heavy atom. The van der Waals surface area contributed by atoms with E-state index in [2.05, 4.69) is 16.3 Å². The number of amides is 1. The van der Waals surface area contributed by atoms with Crippen LogP contribution >= 0.6 is 11.3 Å². The third-order valence-electron chi connectivity index (χ3n) is 6.00. The van der Waals surface area contributed by atoms with E-state index in [9.17, 15) is 4.79 Å². The van der Waals surface area contributed by atoms with Gasteiger partial charge in [-0.15, -0.1) is 0 Å². The van der Waals surface area contributed by atoms with E-state index < -0.39 is 0 Å². The summed E-state index contributed by atoms with van der Waals surface area (Å²) >= 11 is 1.70. The Kier molecular flexibility index (Phi) is 3.90. The maximum absolute atomic E-state index is 12.6. The highest BCUT2D eigenvalue weighted by atomic mass is 32.1. The molecule has 6 heteroatoms. The number of carbonyl (C=O) groups excluding carboxylic acids is 1. The Bertz CT molecular complexity index is 799. The van der Waals surface area contributed by atoms with Crippen molar-refractivity contribution in [1.29, 1.82) is 0 Å². The number of benzene rings is 1. The highest BCUT2D eigenvalue weighted by molar-refractivity contribution is 7.22. The summed E-state index contributed by atoms with van der Waals surface area (Å²) in [6.07, 6.45) is 4.90. The van der Waals surface area contributed by atoms with Crippen LogP contribution in [0.1, 0.15) is 25.7 Å². The van der Waals surface area contributed by atoms with Gasteiger partial charge in [0.05, 0.1) is 23.4 Å². The van der Waals surface area contributed by atoms with Gasteiger partial charge >= 0.3 is 0 Å². The fourth-order valence-corrected chi connectivity index (χ4v) is 5.74. The normalized spacial score (nSPS) is 28.6. The summed E-state index contributed by atoms with van der Waals surface area (Å²) in [7, 11) is 0. The van der Waals surface area contributed by atoms with Crippen LogP contribution in [0.2, 0.25) is 0 Å². The lowest BCUT2D eigenvalue weighted by molar-refractivity contribution is -0.121. The molecule has 0 radical (unpaired) electrons. The number of nitrogens with zero attached hydrogens (tertiary/aromatic N) is 2. The van der Waals surface area contributed by atoms with E-state index in [0.29, 0.717) is 5.92 Å². The molecule has 2 bridgehead atoms.